The van der Waals surface area contributed by atoms with Crippen molar-refractivity contribution in [2.24, 2.45) is 0 Å². The number of aromatic amines is 1. The van der Waals surface area contributed by atoms with E-state index in [0.717, 1.165) is 53.6 Å². The van der Waals surface area contributed by atoms with Crippen LogP contribution in [0.3, 0.4) is 0 Å². The second kappa shape index (κ2) is 10.5. The number of nitrogens with zero attached hydrogens (tertiary/aromatic N) is 6. The first kappa shape index (κ1) is 25.7. The number of nitrogens with one attached hydrogen (secondary N) is 1. The highest BCUT2D eigenvalue weighted by Gasteiger charge is 2.32. The number of nitrogens with two attached hydrogens (primary N) is 1. The number of aliphatic hydroxyl groups is 1. The van der Waals surface area contributed by atoms with Gasteiger partial charge < -0.3 is 20.7 Å². The van der Waals surface area contributed by atoms with Gasteiger partial charge in [0.15, 0.2) is 0 Å². The molecule has 1 aliphatic rings. The Hall–Kier alpha value is -4.57. The fourth-order valence-electron chi connectivity index (χ4n) is 5.42. The zero-order chi connectivity index (χ0) is 27.7. The van der Waals surface area contributed by atoms with E-state index in [9.17, 15) is 9.90 Å². The highest BCUT2D eigenvalue weighted by atomic mass is 16.3. The number of piperidine rings is 1. The number of carbonyl (C=O) groups is 1. The maximum absolute atomic E-state index is 12.7. The molecule has 1 aromatic carbocycles. The van der Waals surface area contributed by atoms with Gasteiger partial charge in [0, 0.05) is 53.8 Å². The van der Waals surface area contributed by atoms with Gasteiger partial charge >= 0.3 is 0 Å². The molecule has 1 fully saturated rings. The molecule has 10 heteroatoms. The second-order valence-electron chi connectivity index (χ2n) is 10.3. The summed E-state index contributed by atoms with van der Waals surface area (Å²) in [5.74, 6) is 0.170. The number of fused-ring (bicyclic) bond motifs is 1. The fourth-order valence-corrected chi connectivity index (χ4v) is 5.42. The molecule has 4 N–H and O–H groups in total. The lowest BCUT2D eigenvalue weighted by Gasteiger charge is -2.27. The first-order valence-electron chi connectivity index (χ1n) is 13.7. The highest BCUT2D eigenvalue weighted by molar-refractivity contribution is 5.95. The van der Waals surface area contributed by atoms with E-state index in [-0.39, 0.29) is 18.4 Å². The van der Waals surface area contributed by atoms with Gasteiger partial charge in [-0.05, 0) is 43.4 Å². The lowest BCUT2D eigenvalue weighted by atomic mass is 9.87. The summed E-state index contributed by atoms with van der Waals surface area (Å²) in [5.41, 5.74) is 9.80. The Morgan fingerprint density at radius 1 is 1.07 bits per heavy atom. The first-order chi connectivity index (χ1) is 19.4. The first-order valence-corrected chi connectivity index (χ1v) is 13.7. The molecule has 0 radical (unpaired) electrons. The Morgan fingerprint density at radius 3 is 2.65 bits per heavy atom. The minimum atomic E-state index is -1.32. The van der Waals surface area contributed by atoms with Crippen molar-refractivity contribution in [3.8, 4) is 22.4 Å². The van der Waals surface area contributed by atoms with Crippen LogP contribution in [-0.2, 0) is 16.9 Å². The van der Waals surface area contributed by atoms with Gasteiger partial charge in [-0.1, -0.05) is 37.3 Å². The van der Waals surface area contributed by atoms with Crippen LogP contribution in [0.1, 0.15) is 43.9 Å². The summed E-state index contributed by atoms with van der Waals surface area (Å²) >= 11 is 0. The SMILES string of the molecule is CC[C@@](O)(c1ccccc1)c1cc(-c2c[nH]c3ncc(-c4cnn(CC(=O)N5CCCCC5)c4)cc23)nc(N)n1. The molecule has 0 aliphatic carbocycles. The van der Waals surface area contributed by atoms with Crippen LogP contribution in [0.5, 0.6) is 0 Å². The van der Waals surface area contributed by atoms with Crippen LogP contribution < -0.4 is 5.73 Å². The van der Waals surface area contributed by atoms with Crippen molar-refractivity contribution in [1.82, 2.24) is 34.6 Å². The maximum atomic E-state index is 12.7. The summed E-state index contributed by atoms with van der Waals surface area (Å²) in [7, 11) is 0. The predicted octanol–water partition coefficient (Wildman–Crippen LogP) is 4.12. The normalized spacial score (nSPS) is 15.3. The van der Waals surface area contributed by atoms with Crippen molar-refractivity contribution in [2.75, 3.05) is 18.8 Å². The molecule has 5 aromatic rings. The summed E-state index contributed by atoms with van der Waals surface area (Å²) in [6.45, 7) is 3.77. The molecular weight excluding hydrogens is 504 g/mol. The molecule has 0 unspecified atom stereocenters. The van der Waals surface area contributed by atoms with Crippen molar-refractivity contribution in [1.29, 1.82) is 0 Å². The Bertz CT molecular complexity index is 1660. The average Bonchev–Trinajstić information content (AvgIpc) is 3.64. The number of rotatable bonds is 7. The largest absolute Gasteiger partial charge is 0.379 e. The molecule has 0 spiro atoms. The molecule has 10 nitrogen and oxygen atoms in total. The minimum Gasteiger partial charge on any atom is -0.379 e. The van der Waals surface area contributed by atoms with E-state index < -0.39 is 5.60 Å². The van der Waals surface area contributed by atoms with Crippen LogP contribution in [-0.4, -0.2) is 58.7 Å². The van der Waals surface area contributed by atoms with Gasteiger partial charge in [-0.2, -0.15) is 5.10 Å². The Balaban J connectivity index is 1.32. The summed E-state index contributed by atoms with van der Waals surface area (Å²) in [5, 5.41) is 16.9. The van der Waals surface area contributed by atoms with E-state index in [1.54, 1.807) is 23.1 Å². The third-order valence-electron chi connectivity index (χ3n) is 7.71. The zero-order valence-electron chi connectivity index (χ0n) is 22.4. The van der Waals surface area contributed by atoms with Crippen molar-refractivity contribution < 1.29 is 9.90 Å². The number of amides is 1. The van der Waals surface area contributed by atoms with Crippen molar-refractivity contribution in [2.45, 2.75) is 44.8 Å². The number of nitrogen functional groups attached to an aromatic ring is 1. The summed E-state index contributed by atoms with van der Waals surface area (Å²) in [4.78, 5) is 31.4. The Kier molecular flexibility index (Phi) is 6.77. The Morgan fingerprint density at radius 2 is 1.88 bits per heavy atom. The van der Waals surface area contributed by atoms with Gasteiger partial charge in [0.1, 0.15) is 17.8 Å². The summed E-state index contributed by atoms with van der Waals surface area (Å²) in [6, 6.07) is 13.2. The van der Waals surface area contributed by atoms with E-state index in [2.05, 4.69) is 25.0 Å². The summed E-state index contributed by atoms with van der Waals surface area (Å²) < 4.78 is 1.68. The van der Waals surface area contributed by atoms with E-state index in [0.29, 0.717) is 23.5 Å². The number of benzene rings is 1. The van der Waals surface area contributed by atoms with Crippen LogP contribution >= 0.6 is 0 Å². The zero-order valence-corrected chi connectivity index (χ0v) is 22.4. The van der Waals surface area contributed by atoms with Crippen LogP contribution in [0.2, 0.25) is 0 Å². The van der Waals surface area contributed by atoms with Gasteiger partial charge in [0.25, 0.3) is 0 Å². The third kappa shape index (κ3) is 4.82. The molecule has 0 saturated carbocycles. The van der Waals surface area contributed by atoms with Crippen LogP contribution in [0.15, 0.2) is 67.3 Å². The predicted molar refractivity (Wildman–Crippen MR) is 153 cm³/mol. The number of likely N-dealkylation sites (tertiary alicyclic amines) is 1. The standard InChI is InChI=1S/C30H32N8O2/c1-2-30(40,22-9-5-3-6-10-22)26-14-25(35-29(31)36-26)24-17-33-28-23(24)13-20(15-32-28)21-16-34-38(18-21)19-27(39)37-11-7-4-8-12-37/h3,5-6,9-10,13-18,40H,2,4,7-8,11-12,19H2,1H3,(H,32,33)(H2,31,35,36)/t30-/m1/s1. The quantitative estimate of drug-likeness (QED) is 0.284. The smallest absolute Gasteiger partial charge is 0.244 e. The van der Waals surface area contributed by atoms with E-state index in [4.69, 9.17) is 5.73 Å². The molecule has 204 valence electrons. The Labute approximate surface area is 231 Å². The van der Waals surface area contributed by atoms with Crippen molar-refractivity contribution >= 4 is 22.9 Å². The molecule has 40 heavy (non-hydrogen) atoms. The number of anilines is 1. The van der Waals surface area contributed by atoms with E-state index >= 15 is 0 Å². The highest BCUT2D eigenvalue weighted by Crippen LogP contribution is 2.36. The molecule has 1 atom stereocenters. The average molecular weight is 537 g/mol. The van der Waals surface area contributed by atoms with E-state index in [1.807, 2.05) is 60.6 Å². The molecule has 4 aromatic heterocycles. The monoisotopic (exact) mass is 536 g/mol. The number of carbonyl (C=O) groups excluding carboxylic acids is 1. The molecule has 1 aliphatic heterocycles. The number of aromatic nitrogens is 6. The molecular formula is C30H32N8O2. The molecule has 0 bridgehead atoms. The van der Waals surface area contributed by atoms with Crippen LogP contribution in [0, 0.1) is 0 Å². The minimum absolute atomic E-state index is 0.0772. The number of H-pyrrole nitrogens is 1. The number of hydrogen-bond donors (Lipinski definition) is 3. The second-order valence-corrected chi connectivity index (χ2v) is 10.3. The van der Waals surface area contributed by atoms with Gasteiger partial charge in [0.05, 0.1) is 17.6 Å². The fraction of sp³-hybridized carbons (Fsp3) is 0.300. The number of hydrogen-bond acceptors (Lipinski definition) is 7. The van der Waals surface area contributed by atoms with Gasteiger partial charge in [0.2, 0.25) is 11.9 Å². The van der Waals surface area contributed by atoms with Crippen LogP contribution in [0.4, 0.5) is 5.95 Å². The topological polar surface area (TPSA) is 139 Å². The van der Waals surface area contributed by atoms with Crippen molar-refractivity contribution in [3.05, 3.63) is 78.5 Å². The lowest BCUT2D eigenvalue weighted by molar-refractivity contribution is -0.132. The summed E-state index contributed by atoms with van der Waals surface area (Å²) in [6.07, 6.45) is 11.0. The lowest BCUT2D eigenvalue weighted by Crippen LogP contribution is -2.37. The van der Waals surface area contributed by atoms with E-state index in [1.165, 1.54) is 6.42 Å². The third-order valence-corrected chi connectivity index (χ3v) is 7.71. The maximum Gasteiger partial charge on any atom is 0.244 e. The van der Waals surface area contributed by atoms with Gasteiger partial charge in [-0.25, -0.2) is 15.0 Å². The molecule has 6 rings (SSSR count). The van der Waals surface area contributed by atoms with Gasteiger partial charge in [-0.3, -0.25) is 9.48 Å². The van der Waals surface area contributed by atoms with Crippen LogP contribution in [0.25, 0.3) is 33.4 Å². The van der Waals surface area contributed by atoms with Crippen molar-refractivity contribution in [3.63, 3.8) is 0 Å². The molecule has 1 amide bonds. The molecule has 1 saturated heterocycles. The molecule has 5 heterocycles. The number of pyridine rings is 1. The van der Waals surface area contributed by atoms with Gasteiger partial charge in [-0.15, -0.1) is 0 Å².